The predicted octanol–water partition coefficient (Wildman–Crippen LogP) is 2.75. The Kier molecular flexibility index (Phi) is 6.00. The van der Waals surface area contributed by atoms with E-state index in [1.807, 2.05) is 18.2 Å². The molecule has 1 aliphatic carbocycles. The molecule has 1 aromatic carbocycles. The van der Waals surface area contributed by atoms with Crippen molar-refractivity contribution in [1.29, 1.82) is 0 Å². The molecule has 2 fully saturated rings. The van der Waals surface area contributed by atoms with E-state index in [1.165, 1.54) is 6.42 Å². The molecule has 4 rings (SSSR count). The Morgan fingerprint density at radius 1 is 1.00 bits per heavy atom. The summed E-state index contributed by atoms with van der Waals surface area (Å²) < 4.78 is 11.3. The van der Waals surface area contributed by atoms with E-state index in [0.717, 1.165) is 62.1 Å². The quantitative estimate of drug-likeness (QED) is 0.830. The molecule has 0 bridgehead atoms. The van der Waals surface area contributed by atoms with Crippen LogP contribution in [0.2, 0.25) is 0 Å². The van der Waals surface area contributed by atoms with Crippen LogP contribution < -0.4 is 20.1 Å². The van der Waals surface area contributed by atoms with E-state index < -0.39 is 0 Å². The smallest absolute Gasteiger partial charge is 0.321 e. The van der Waals surface area contributed by atoms with Crippen molar-refractivity contribution >= 4 is 11.9 Å². The van der Waals surface area contributed by atoms with Gasteiger partial charge >= 0.3 is 6.03 Å². The molecule has 2 aliphatic heterocycles. The first-order valence-corrected chi connectivity index (χ1v) is 10.4. The summed E-state index contributed by atoms with van der Waals surface area (Å²) in [5.74, 6) is 1.29. The molecule has 7 nitrogen and oxygen atoms in total. The van der Waals surface area contributed by atoms with Crippen molar-refractivity contribution in [1.82, 2.24) is 15.5 Å². The Bertz CT molecular complexity index is 718. The van der Waals surface area contributed by atoms with E-state index >= 15 is 0 Å². The number of fused-ring (bicyclic) bond motifs is 1. The largest absolute Gasteiger partial charge is 0.486 e. The van der Waals surface area contributed by atoms with Crippen LogP contribution in [0, 0.1) is 0 Å². The molecule has 3 amide bonds. The molecular weight excluding hydrogens is 358 g/mol. The predicted molar refractivity (Wildman–Crippen MR) is 105 cm³/mol. The van der Waals surface area contributed by atoms with Crippen molar-refractivity contribution in [3.8, 4) is 11.5 Å². The van der Waals surface area contributed by atoms with Crippen LogP contribution in [0.15, 0.2) is 18.2 Å². The average Bonchev–Trinajstić information content (AvgIpc) is 3.16. The maximum Gasteiger partial charge on any atom is 0.321 e. The van der Waals surface area contributed by atoms with Crippen LogP contribution >= 0.6 is 0 Å². The first kappa shape index (κ1) is 19.1. The summed E-state index contributed by atoms with van der Waals surface area (Å²) in [4.78, 5) is 26.7. The van der Waals surface area contributed by atoms with Crippen molar-refractivity contribution in [2.24, 2.45) is 0 Å². The van der Waals surface area contributed by atoms with Gasteiger partial charge in [-0.25, -0.2) is 4.79 Å². The first-order chi connectivity index (χ1) is 13.7. The topological polar surface area (TPSA) is 79.9 Å². The van der Waals surface area contributed by atoms with Gasteiger partial charge in [0.05, 0.1) is 6.54 Å². The van der Waals surface area contributed by atoms with E-state index in [9.17, 15) is 9.59 Å². The molecule has 0 aromatic heterocycles. The molecule has 1 saturated heterocycles. The number of nitrogens with zero attached hydrogens (tertiary/aromatic N) is 1. The molecule has 152 valence electrons. The Balaban J connectivity index is 1.32. The number of benzene rings is 1. The monoisotopic (exact) mass is 387 g/mol. The summed E-state index contributed by atoms with van der Waals surface area (Å²) in [6.07, 6.45) is 7.53. The van der Waals surface area contributed by atoms with Gasteiger partial charge in [-0.05, 0) is 49.9 Å². The lowest BCUT2D eigenvalue weighted by molar-refractivity contribution is -0.121. The number of nitrogens with one attached hydrogen (secondary N) is 2. The summed E-state index contributed by atoms with van der Waals surface area (Å²) in [5, 5.41) is 5.43. The second kappa shape index (κ2) is 8.82. The summed E-state index contributed by atoms with van der Waals surface area (Å²) in [6.45, 7) is 2.20. The number of imide groups is 1. The molecule has 1 atom stereocenters. The summed E-state index contributed by atoms with van der Waals surface area (Å²) >= 11 is 0. The highest BCUT2D eigenvalue weighted by molar-refractivity contribution is 5.95. The number of carbonyl (C=O) groups excluding carboxylic acids is 2. The Hall–Kier alpha value is -2.28. The number of hydrogen-bond acceptors (Lipinski definition) is 5. The minimum Gasteiger partial charge on any atom is -0.486 e. The number of rotatable bonds is 4. The molecule has 0 spiro atoms. The standard InChI is InChI=1S/C21H29N3O4/c25-20(23-21(26)22-16-5-2-1-3-6-16)14-24-10-4-7-17(24)15-8-9-18-19(13-15)28-12-11-27-18/h8-9,13,16-17H,1-7,10-12,14H2,(H2,22,23,25,26)/t17-/m1/s1. The minimum absolute atomic E-state index is 0.156. The highest BCUT2D eigenvalue weighted by Crippen LogP contribution is 2.37. The maximum absolute atomic E-state index is 12.4. The Morgan fingerprint density at radius 2 is 1.79 bits per heavy atom. The Labute approximate surface area is 165 Å². The fourth-order valence-electron chi connectivity index (χ4n) is 4.48. The van der Waals surface area contributed by atoms with Gasteiger partial charge in [-0.3, -0.25) is 15.0 Å². The van der Waals surface area contributed by atoms with Crippen LogP contribution in [0.5, 0.6) is 11.5 Å². The fourth-order valence-corrected chi connectivity index (χ4v) is 4.48. The zero-order chi connectivity index (χ0) is 19.3. The molecule has 0 radical (unpaired) electrons. The lowest BCUT2D eigenvalue weighted by atomic mass is 9.96. The summed E-state index contributed by atoms with van der Waals surface area (Å²) in [5.41, 5.74) is 1.13. The van der Waals surface area contributed by atoms with E-state index in [0.29, 0.717) is 13.2 Å². The highest BCUT2D eigenvalue weighted by Gasteiger charge is 2.29. The second-order valence-electron chi connectivity index (χ2n) is 7.89. The van der Waals surface area contributed by atoms with Crippen LogP contribution in [-0.2, 0) is 4.79 Å². The van der Waals surface area contributed by atoms with Gasteiger partial charge < -0.3 is 14.8 Å². The number of carbonyl (C=O) groups is 2. The molecule has 7 heteroatoms. The summed E-state index contributed by atoms with van der Waals surface area (Å²) in [6, 6.07) is 5.99. The van der Waals surface area contributed by atoms with Gasteiger partial charge in [0.15, 0.2) is 11.5 Å². The van der Waals surface area contributed by atoms with Crippen molar-refractivity contribution < 1.29 is 19.1 Å². The molecule has 28 heavy (non-hydrogen) atoms. The number of urea groups is 1. The van der Waals surface area contributed by atoms with Crippen molar-refractivity contribution in [2.75, 3.05) is 26.3 Å². The van der Waals surface area contributed by atoms with Gasteiger partial charge in [0.1, 0.15) is 13.2 Å². The van der Waals surface area contributed by atoms with Gasteiger partial charge in [-0.2, -0.15) is 0 Å². The zero-order valence-corrected chi connectivity index (χ0v) is 16.2. The van der Waals surface area contributed by atoms with E-state index in [1.54, 1.807) is 0 Å². The van der Waals surface area contributed by atoms with Crippen molar-refractivity contribution in [3.05, 3.63) is 23.8 Å². The summed E-state index contributed by atoms with van der Waals surface area (Å²) in [7, 11) is 0. The number of likely N-dealkylation sites (tertiary alicyclic amines) is 1. The third-order valence-corrected chi connectivity index (χ3v) is 5.85. The molecule has 0 unspecified atom stereocenters. The molecular formula is C21H29N3O4. The number of ether oxygens (including phenoxy) is 2. The van der Waals surface area contributed by atoms with Gasteiger partial charge in [-0.1, -0.05) is 25.3 Å². The first-order valence-electron chi connectivity index (χ1n) is 10.4. The van der Waals surface area contributed by atoms with Crippen LogP contribution in [0.25, 0.3) is 0 Å². The number of amides is 3. The van der Waals surface area contributed by atoms with Crippen molar-refractivity contribution in [3.63, 3.8) is 0 Å². The molecule has 1 aromatic rings. The molecule has 2 N–H and O–H groups in total. The molecule has 3 aliphatic rings. The Morgan fingerprint density at radius 3 is 2.61 bits per heavy atom. The van der Waals surface area contributed by atoms with Crippen LogP contribution in [0.1, 0.15) is 56.6 Å². The molecule has 1 saturated carbocycles. The van der Waals surface area contributed by atoms with E-state index in [-0.39, 0.29) is 30.6 Å². The van der Waals surface area contributed by atoms with Crippen LogP contribution in [-0.4, -0.2) is 49.2 Å². The van der Waals surface area contributed by atoms with Crippen LogP contribution in [0.4, 0.5) is 4.79 Å². The molecule has 2 heterocycles. The van der Waals surface area contributed by atoms with Gasteiger partial charge in [0.25, 0.3) is 0 Å². The fraction of sp³-hybridized carbons (Fsp3) is 0.619. The lowest BCUT2D eigenvalue weighted by Crippen LogP contribution is -2.47. The van der Waals surface area contributed by atoms with Gasteiger partial charge in [0, 0.05) is 12.1 Å². The average molecular weight is 387 g/mol. The number of hydrogen-bond donors (Lipinski definition) is 2. The van der Waals surface area contributed by atoms with E-state index in [2.05, 4.69) is 15.5 Å². The van der Waals surface area contributed by atoms with Crippen molar-refractivity contribution in [2.45, 2.75) is 57.0 Å². The van der Waals surface area contributed by atoms with E-state index in [4.69, 9.17) is 9.47 Å². The highest BCUT2D eigenvalue weighted by atomic mass is 16.6. The van der Waals surface area contributed by atoms with Crippen LogP contribution in [0.3, 0.4) is 0 Å². The SMILES string of the molecule is O=C(CN1CCC[C@@H]1c1ccc2c(c1)OCCO2)NC(=O)NC1CCCCC1. The third kappa shape index (κ3) is 4.58. The zero-order valence-electron chi connectivity index (χ0n) is 16.2. The lowest BCUT2D eigenvalue weighted by Gasteiger charge is -2.26. The maximum atomic E-state index is 12.4. The van der Waals surface area contributed by atoms with Gasteiger partial charge in [0.2, 0.25) is 5.91 Å². The third-order valence-electron chi connectivity index (χ3n) is 5.85. The normalized spacial score (nSPS) is 22.6. The van der Waals surface area contributed by atoms with Gasteiger partial charge in [-0.15, -0.1) is 0 Å². The second-order valence-corrected chi connectivity index (χ2v) is 7.89. The minimum atomic E-state index is -0.369.